The number of nitrogens with one attached hydrogen (secondary N) is 1. The SMILES string of the molecule is CNC1CCN(C(N)=O)C1[C@H](CCc1ccccc1)C(=O)N1CCC(N2C(=O)C(C)(C)c3ccccc32)CC1. The van der Waals surface area contributed by atoms with Gasteiger partial charge in [0.25, 0.3) is 0 Å². The van der Waals surface area contributed by atoms with Gasteiger partial charge in [-0.05, 0) is 70.2 Å². The number of carbonyl (C=O) groups is 3. The summed E-state index contributed by atoms with van der Waals surface area (Å²) in [6.45, 7) is 5.72. The fraction of sp³-hybridized carbons (Fsp3) is 0.516. The van der Waals surface area contributed by atoms with Crippen LogP contribution in [0.4, 0.5) is 10.5 Å². The Hall–Kier alpha value is -3.39. The molecule has 3 heterocycles. The summed E-state index contributed by atoms with van der Waals surface area (Å²) >= 11 is 0. The number of likely N-dealkylation sites (N-methyl/N-ethyl adjacent to an activating group) is 1. The van der Waals surface area contributed by atoms with Crippen molar-refractivity contribution >= 4 is 23.5 Å². The zero-order chi connectivity index (χ0) is 27.7. The Morgan fingerprint density at radius 2 is 1.67 bits per heavy atom. The number of hydrogen-bond acceptors (Lipinski definition) is 4. The molecule has 208 valence electrons. The number of fused-ring (bicyclic) bond motifs is 1. The van der Waals surface area contributed by atoms with Gasteiger partial charge in [-0.15, -0.1) is 0 Å². The van der Waals surface area contributed by atoms with Crippen molar-refractivity contribution in [3.63, 3.8) is 0 Å². The summed E-state index contributed by atoms with van der Waals surface area (Å²) in [6.07, 6.45) is 3.62. The van der Waals surface area contributed by atoms with Crippen LogP contribution in [0.25, 0.3) is 0 Å². The number of nitrogens with two attached hydrogens (primary N) is 1. The van der Waals surface area contributed by atoms with Crippen molar-refractivity contribution in [3.05, 3.63) is 65.7 Å². The Morgan fingerprint density at radius 3 is 2.33 bits per heavy atom. The number of para-hydroxylation sites is 1. The molecule has 0 aliphatic carbocycles. The molecule has 2 saturated heterocycles. The maximum Gasteiger partial charge on any atom is 0.315 e. The van der Waals surface area contributed by atoms with E-state index in [1.807, 2.05) is 73.2 Å². The fourth-order valence-electron chi connectivity index (χ4n) is 6.97. The van der Waals surface area contributed by atoms with E-state index in [4.69, 9.17) is 5.73 Å². The van der Waals surface area contributed by atoms with E-state index in [9.17, 15) is 14.4 Å². The summed E-state index contributed by atoms with van der Waals surface area (Å²) in [4.78, 5) is 45.6. The molecule has 2 aromatic rings. The molecular weight excluding hydrogens is 490 g/mol. The van der Waals surface area contributed by atoms with Gasteiger partial charge < -0.3 is 25.8 Å². The van der Waals surface area contributed by atoms with Gasteiger partial charge in [0.15, 0.2) is 0 Å². The highest BCUT2D eigenvalue weighted by Gasteiger charge is 2.48. The van der Waals surface area contributed by atoms with Crippen LogP contribution in [0, 0.1) is 5.92 Å². The summed E-state index contributed by atoms with van der Waals surface area (Å²) < 4.78 is 0. The first-order valence-electron chi connectivity index (χ1n) is 14.2. The molecule has 3 aliphatic heterocycles. The van der Waals surface area contributed by atoms with E-state index in [1.165, 1.54) is 5.56 Å². The molecule has 0 radical (unpaired) electrons. The van der Waals surface area contributed by atoms with Gasteiger partial charge >= 0.3 is 6.03 Å². The first-order valence-corrected chi connectivity index (χ1v) is 14.2. The van der Waals surface area contributed by atoms with Gasteiger partial charge in [0.2, 0.25) is 11.8 Å². The minimum atomic E-state index is -0.547. The quantitative estimate of drug-likeness (QED) is 0.573. The van der Waals surface area contributed by atoms with Gasteiger partial charge in [-0.1, -0.05) is 48.5 Å². The van der Waals surface area contributed by atoms with Crippen LogP contribution in [0.5, 0.6) is 0 Å². The number of hydrogen-bond donors (Lipinski definition) is 2. The number of carbonyl (C=O) groups excluding carboxylic acids is 3. The van der Waals surface area contributed by atoms with E-state index < -0.39 is 11.4 Å². The highest BCUT2D eigenvalue weighted by Crippen LogP contribution is 2.43. The summed E-state index contributed by atoms with van der Waals surface area (Å²) in [5, 5.41) is 3.34. The average molecular weight is 532 g/mol. The van der Waals surface area contributed by atoms with Crippen molar-refractivity contribution in [2.75, 3.05) is 31.6 Å². The maximum absolute atomic E-state index is 14.2. The molecule has 3 aliphatic rings. The standard InChI is InChI=1S/C31H41N5O3/c1-31(2)24-11-7-8-12-26(24)36(29(31)38)22-15-18-34(19-16-22)28(37)23(14-13-21-9-5-4-6-10-21)27-25(33-3)17-20-35(27)30(32)39/h4-12,22-23,25,27,33H,13-20H2,1-3H3,(H2,32,39)/t23-,25?,27?/m0/s1. The van der Waals surface area contributed by atoms with E-state index in [2.05, 4.69) is 17.4 Å². The van der Waals surface area contributed by atoms with Gasteiger partial charge in [0, 0.05) is 37.4 Å². The topological polar surface area (TPSA) is 99.0 Å². The molecule has 3 N–H and O–H groups in total. The first-order chi connectivity index (χ1) is 18.7. The molecule has 5 rings (SSSR count). The number of amides is 4. The number of aryl methyl sites for hydroxylation is 1. The van der Waals surface area contributed by atoms with Crippen LogP contribution in [0.15, 0.2) is 54.6 Å². The normalized spacial score (nSPS) is 23.7. The molecule has 2 unspecified atom stereocenters. The second-order valence-electron chi connectivity index (χ2n) is 11.7. The Morgan fingerprint density at radius 1 is 1.00 bits per heavy atom. The lowest BCUT2D eigenvalue weighted by atomic mass is 9.86. The number of primary amides is 1. The highest BCUT2D eigenvalue weighted by atomic mass is 16.2. The lowest BCUT2D eigenvalue weighted by Gasteiger charge is -2.41. The number of anilines is 1. The molecule has 4 amide bonds. The minimum absolute atomic E-state index is 0.0146. The lowest BCUT2D eigenvalue weighted by molar-refractivity contribution is -0.138. The van der Waals surface area contributed by atoms with Gasteiger partial charge in [-0.3, -0.25) is 9.59 Å². The number of nitrogens with zero attached hydrogens (tertiary/aromatic N) is 3. The molecule has 39 heavy (non-hydrogen) atoms. The van der Waals surface area contributed by atoms with Crippen molar-refractivity contribution in [1.82, 2.24) is 15.1 Å². The third kappa shape index (κ3) is 5.02. The molecule has 0 bridgehead atoms. The zero-order valence-electron chi connectivity index (χ0n) is 23.3. The van der Waals surface area contributed by atoms with Crippen molar-refractivity contribution in [1.29, 1.82) is 0 Å². The minimum Gasteiger partial charge on any atom is -0.351 e. The van der Waals surface area contributed by atoms with E-state index in [0.29, 0.717) is 26.1 Å². The predicted octanol–water partition coefficient (Wildman–Crippen LogP) is 3.29. The van der Waals surface area contributed by atoms with Crippen LogP contribution in [0.2, 0.25) is 0 Å². The molecule has 2 fully saturated rings. The van der Waals surface area contributed by atoms with Crippen LogP contribution in [-0.2, 0) is 21.4 Å². The van der Waals surface area contributed by atoms with Crippen LogP contribution in [0.1, 0.15) is 50.7 Å². The summed E-state index contributed by atoms with van der Waals surface area (Å²) in [5.41, 5.74) is 8.48. The number of piperidine rings is 1. The Bertz CT molecular complexity index is 1210. The smallest absolute Gasteiger partial charge is 0.315 e. The molecule has 8 heteroatoms. The molecule has 3 atom stereocenters. The second-order valence-corrected chi connectivity index (χ2v) is 11.7. The third-order valence-corrected chi connectivity index (χ3v) is 9.16. The van der Waals surface area contributed by atoms with Gasteiger partial charge in [-0.2, -0.15) is 0 Å². The molecule has 0 spiro atoms. The van der Waals surface area contributed by atoms with Gasteiger partial charge in [0.05, 0.1) is 17.4 Å². The van der Waals surface area contributed by atoms with E-state index in [1.54, 1.807) is 4.90 Å². The fourth-order valence-corrected chi connectivity index (χ4v) is 6.97. The van der Waals surface area contributed by atoms with Crippen LogP contribution in [-0.4, -0.2) is 72.5 Å². The van der Waals surface area contributed by atoms with E-state index in [0.717, 1.165) is 36.9 Å². The van der Waals surface area contributed by atoms with Crippen molar-refractivity contribution < 1.29 is 14.4 Å². The van der Waals surface area contributed by atoms with Gasteiger partial charge in [-0.25, -0.2) is 4.79 Å². The molecule has 2 aromatic carbocycles. The number of likely N-dealkylation sites (tertiary alicyclic amines) is 2. The monoisotopic (exact) mass is 531 g/mol. The molecule has 0 aromatic heterocycles. The average Bonchev–Trinajstić information content (AvgIpc) is 3.46. The second kappa shape index (κ2) is 11.0. The highest BCUT2D eigenvalue weighted by molar-refractivity contribution is 6.08. The van der Waals surface area contributed by atoms with Crippen molar-refractivity contribution in [2.24, 2.45) is 11.7 Å². The first kappa shape index (κ1) is 27.2. The summed E-state index contributed by atoms with van der Waals surface area (Å²) in [5.74, 6) is -0.146. The van der Waals surface area contributed by atoms with Crippen molar-refractivity contribution in [2.45, 2.75) is 69.5 Å². The number of benzene rings is 2. The molecule has 8 nitrogen and oxygen atoms in total. The molecular formula is C31H41N5O3. The Kier molecular flexibility index (Phi) is 7.67. The number of urea groups is 1. The van der Waals surface area contributed by atoms with Crippen LogP contribution < -0.4 is 16.0 Å². The zero-order valence-corrected chi connectivity index (χ0v) is 23.3. The molecule has 0 saturated carbocycles. The lowest BCUT2D eigenvalue weighted by Crippen LogP contribution is -2.56. The van der Waals surface area contributed by atoms with Crippen molar-refractivity contribution in [3.8, 4) is 0 Å². The Balaban J connectivity index is 1.33. The third-order valence-electron chi connectivity index (χ3n) is 9.16. The van der Waals surface area contributed by atoms with Gasteiger partial charge in [0.1, 0.15) is 0 Å². The van der Waals surface area contributed by atoms with Crippen LogP contribution >= 0.6 is 0 Å². The summed E-state index contributed by atoms with van der Waals surface area (Å²) in [7, 11) is 1.89. The number of rotatable bonds is 7. The maximum atomic E-state index is 14.2. The van der Waals surface area contributed by atoms with E-state index >= 15 is 0 Å². The Labute approximate surface area is 231 Å². The largest absolute Gasteiger partial charge is 0.351 e. The van der Waals surface area contributed by atoms with E-state index in [-0.39, 0.29) is 35.9 Å². The van der Waals surface area contributed by atoms with Crippen LogP contribution in [0.3, 0.4) is 0 Å². The predicted molar refractivity (Wildman–Crippen MR) is 152 cm³/mol. The summed E-state index contributed by atoms with van der Waals surface area (Å²) in [6, 6.07) is 17.6.